The summed E-state index contributed by atoms with van der Waals surface area (Å²) >= 11 is 6.19. The van der Waals surface area contributed by atoms with Gasteiger partial charge in [0.15, 0.2) is 6.61 Å². The van der Waals surface area contributed by atoms with Crippen molar-refractivity contribution in [2.24, 2.45) is 0 Å². The summed E-state index contributed by atoms with van der Waals surface area (Å²) in [4.78, 5) is 14.6. The number of piperazine rings is 1. The number of anilines is 1. The molecule has 30 heavy (non-hydrogen) atoms. The van der Waals surface area contributed by atoms with Crippen molar-refractivity contribution in [2.75, 3.05) is 45.2 Å². The van der Waals surface area contributed by atoms with E-state index in [2.05, 4.69) is 10.2 Å². The molecule has 0 aliphatic carbocycles. The van der Waals surface area contributed by atoms with Gasteiger partial charge in [0.25, 0.3) is 5.91 Å². The summed E-state index contributed by atoms with van der Waals surface area (Å²) in [5.74, 6) is 0.203. The first-order valence-electron chi connectivity index (χ1n) is 9.65. The lowest BCUT2D eigenvalue weighted by molar-refractivity contribution is -0.118. The van der Waals surface area contributed by atoms with Gasteiger partial charge >= 0.3 is 0 Å². The van der Waals surface area contributed by atoms with Gasteiger partial charge in [-0.2, -0.15) is 4.31 Å². The monoisotopic (exact) mass is 451 g/mol. The lowest BCUT2D eigenvalue weighted by Gasteiger charge is -2.31. The molecule has 162 valence electrons. The van der Waals surface area contributed by atoms with E-state index in [4.69, 9.17) is 16.3 Å². The Hall–Kier alpha value is -2.13. The van der Waals surface area contributed by atoms with Crippen LogP contribution in [0.25, 0.3) is 0 Å². The van der Waals surface area contributed by atoms with Gasteiger partial charge in [0, 0.05) is 26.2 Å². The number of benzene rings is 2. The van der Waals surface area contributed by atoms with E-state index in [1.54, 1.807) is 6.07 Å². The molecule has 1 aliphatic rings. The molecule has 1 amide bonds. The molecule has 1 fully saturated rings. The highest BCUT2D eigenvalue weighted by Crippen LogP contribution is 2.27. The molecular formula is C21H26ClN3O4S. The summed E-state index contributed by atoms with van der Waals surface area (Å²) in [6, 6.07) is 9.95. The number of halogens is 1. The van der Waals surface area contributed by atoms with Gasteiger partial charge in [-0.15, -0.1) is 0 Å². The first kappa shape index (κ1) is 22.6. The van der Waals surface area contributed by atoms with E-state index >= 15 is 0 Å². The molecule has 1 aliphatic heterocycles. The maximum atomic E-state index is 13.0. The highest BCUT2D eigenvalue weighted by Gasteiger charge is 2.28. The van der Waals surface area contributed by atoms with Crippen LogP contribution in [-0.4, -0.2) is 63.4 Å². The molecule has 2 aromatic rings. The predicted molar refractivity (Wildman–Crippen MR) is 118 cm³/mol. The van der Waals surface area contributed by atoms with E-state index in [1.165, 1.54) is 22.5 Å². The van der Waals surface area contributed by atoms with E-state index in [-0.39, 0.29) is 22.2 Å². The first-order valence-corrected chi connectivity index (χ1v) is 11.5. The van der Waals surface area contributed by atoms with Crippen molar-refractivity contribution in [3.8, 4) is 5.75 Å². The molecule has 7 nitrogen and oxygen atoms in total. The number of nitrogens with zero attached hydrogens (tertiary/aromatic N) is 2. The zero-order valence-corrected chi connectivity index (χ0v) is 18.9. The number of ether oxygens (including phenoxy) is 1. The van der Waals surface area contributed by atoms with Gasteiger partial charge in [-0.1, -0.05) is 23.7 Å². The third-order valence-electron chi connectivity index (χ3n) is 5.23. The topological polar surface area (TPSA) is 78.9 Å². The van der Waals surface area contributed by atoms with Crippen LogP contribution >= 0.6 is 11.6 Å². The number of carbonyl (C=O) groups excluding carboxylic acids is 1. The minimum atomic E-state index is -3.66. The minimum Gasteiger partial charge on any atom is -0.483 e. The van der Waals surface area contributed by atoms with Crippen molar-refractivity contribution < 1.29 is 17.9 Å². The van der Waals surface area contributed by atoms with Crippen LogP contribution in [0.1, 0.15) is 11.1 Å². The highest BCUT2D eigenvalue weighted by atomic mass is 35.5. The van der Waals surface area contributed by atoms with Gasteiger partial charge in [0.2, 0.25) is 10.0 Å². The highest BCUT2D eigenvalue weighted by molar-refractivity contribution is 7.89. The van der Waals surface area contributed by atoms with Crippen LogP contribution < -0.4 is 10.1 Å². The summed E-state index contributed by atoms with van der Waals surface area (Å²) in [6.07, 6.45) is 0. The van der Waals surface area contributed by atoms with Gasteiger partial charge < -0.3 is 15.0 Å². The zero-order chi connectivity index (χ0) is 21.9. The number of hydrogen-bond donors (Lipinski definition) is 1. The molecule has 0 unspecified atom stereocenters. The molecule has 0 radical (unpaired) electrons. The maximum Gasteiger partial charge on any atom is 0.262 e. The number of hydrogen-bond acceptors (Lipinski definition) is 5. The Morgan fingerprint density at radius 1 is 1.13 bits per heavy atom. The second-order valence-corrected chi connectivity index (χ2v) is 9.73. The Morgan fingerprint density at radius 3 is 2.53 bits per heavy atom. The molecule has 0 spiro atoms. The van der Waals surface area contributed by atoms with Crippen LogP contribution in [0.3, 0.4) is 0 Å². The summed E-state index contributed by atoms with van der Waals surface area (Å²) in [5, 5.41) is 2.91. The average Bonchev–Trinajstić information content (AvgIpc) is 2.71. The van der Waals surface area contributed by atoms with E-state index in [0.29, 0.717) is 31.9 Å². The Bertz CT molecular complexity index is 1030. The fourth-order valence-electron chi connectivity index (χ4n) is 3.15. The summed E-state index contributed by atoms with van der Waals surface area (Å²) in [7, 11) is -1.70. The molecule has 1 saturated heterocycles. The molecule has 1 heterocycles. The number of aryl methyl sites for hydroxylation is 1. The van der Waals surface area contributed by atoms with E-state index in [9.17, 15) is 13.2 Å². The minimum absolute atomic E-state index is 0.0993. The Kier molecular flexibility index (Phi) is 7.02. The second-order valence-electron chi connectivity index (χ2n) is 7.38. The van der Waals surface area contributed by atoms with Crippen molar-refractivity contribution in [3.63, 3.8) is 0 Å². The zero-order valence-electron chi connectivity index (χ0n) is 17.3. The van der Waals surface area contributed by atoms with Crippen molar-refractivity contribution in [3.05, 3.63) is 52.5 Å². The molecule has 0 aromatic heterocycles. The SMILES string of the molecule is Cc1cccc(OCC(=O)Nc2cc(S(=O)(=O)N3CCN(C)CC3)ccc2Cl)c1C. The molecular weight excluding hydrogens is 426 g/mol. The van der Waals surface area contributed by atoms with Gasteiger partial charge in [-0.25, -0.2) is 8.42 Å². The van der Waals surface area contributed by atoms with Crippen molar-refractivity contribution >= 4 is 33.2 Å². The van der Waals surface area contributed by atoms with Gasteiger partial charge in [0.05, 0.1) is 15.6 Å². The van der Waals surface area contributed by atoms with Crippen LogP contribution in [-0.2, 0) is 14.8 Å². The fraction of sp³-hybridized carbons (Fsp3) is 0.381. The van der Waals surface area contributed by atoms with Crippen LogP contribution in [0.15, 0.2) is 41.3 Å². The van der Waals surface area contributed by atoms with Crippen LogP contribution in [0, 0.1) is 13.8 Å². The maximum absolute atomic E-state index is 13.0. The standard InChI is InChI=1S/C21H26ClN3O4S/c1-15-5-4-6-20(16(15)2)29-14-21(26)23-19-13-17(7-8-18(19)22)30(27,28)25-11-9-24(3)10-12-25/h4-8,13H,9-12,14H2,1-3H3,(H,23,26). The largest absolute Gasteiger partial charge is 0.483 e. The predicted octanol–water partition coefficient (Wildman–Crippen LogP) is 2.91. The molecule has 1 N–H and O–H groups in total. The van der Waals surface area contributed by atoms with E-state index < -0.39 is 15.9 Å². The fourth-order valence-corrected chi connectivity index (χ4v) is 4.76. The molecule has 3 rings (SSSR count). The van der Waals surface area contributed by atoms with Crippen LogP contribution in [0.5, 0.6) is 5.75 Å². The van der Waals surface area contributed by atoms with Crippen molar-refractivity contribution in [1.29, 1.82) is 0 Å². The van der Waals surface area contributed by atoms with Crippen molar-refractivity contribution in [1.82, 2.24) is 9.21 Å². The van der Waals surface area contributed by atoms with Crippen LogP contribution in [0.2, 0.25) is 5.02 Å². The molecule has 9 heteroatoms. The van der Waals surface area contributed by atoms with Gasteiger partial charge in [0.1, 0.15) is 5.75 Å². The first-order chi connectivity index (χ1) is 14.2. The Labute approximate surface area is 182 Å². The molecule has 0 atom stereocenters. The number of rotatable bonds is 6. The summed E-state index contributed by atoms with van der Waals surface area (Å²) in [6.45, 7) is 5.87. The lowest BCUT2D eigenvalue weighted by atomic mass is 10.1. The Morgan fingerprint density at radius 2 is 1.83 bits per heavy atom. The number of nitrogens with one attached hydrogen (secondary N) is 1. The molecule has 2 aromatic carbocycles. The number of amides is 1. The van der Waals surface area contributed by atoms with Crippen molar-refractivity contribution in [2.45, 2.75) is 18.7 Å². The average molecular weight is 452 g/mol. The third kappa shape index (κ3) is 5.13. The third-order valence-corrected chi connectivity index (χ3v) is 7.45. The van der Waals surface area contributed by atoms with Gasteiger partial charge in [-0.3, -0.25) is 4.79 Å². The summed E-state index contributed by atoms with van der Waals surface area (Å²) in [5.41, 5.74) is 2.27. The Balaban J connectivity index is 1.70. The smallest absolute Gasteiger partial charge is 0.262 e. The number of likely N-dealkylation sites (N-methyl/N-ethyl adjacent to an activating group) is 1. The molecule has 0 bridgehead atoms. The number of carbonyl (C=O) groups is 1. The summed E-state index contributed by atoms with van der Waals surface area (Å²) < 4.78 is 33.0. The molecule has 0 saturated carbocycles. The normalized spacial score (nSPS) is 15.7. The van der Waals surface area contributed by atoms with Crippen LogP contribution in [0.4, 0.5) is 5.69 Å². The van der Waals surface area contributed by atoms with E-state index in [0.717, 1.165) is 11.1 Å². The van der Waals surface area contributed by atoms with E-state index in [1.807, 2.05) is 33.0 Å². The van der Waals surface area contributed by atoms with Gasteiger partial charge in [-0.05, 0) is 56.3 Å². The quantitative estimate of drug-likeness (QED) is 0.730. The second kappa shape index (κ2) is 9.34. The number of sulfonamides is 1. The lowest BCUT2D eigenvalue weighted by Crippen LogP contribution is -2.47.